The van der Waals surface area contributed by atoms with Gasteiger partial charge in [0, 0.05) is 41.1 Å². The molecule has 0 N–H and O–H groups in total. The summed E-state index contributed by atoms with van der Waals surface area (Å²) < 4.78 is 11.7. The van der Waals surface area contributed by atoms with Crippen LogP contribution in [0.25, 0.3) is 0 Å². The SMILES string of the molecule is CCC(=O)C1C(=O)CC(CC(C)S(=O)CC)CC1=O. The molecule has 1 aliphatic carbocycles. The van der Waals surface area contributed by atoms with E-state index in [0.29, 0.717) is 12.2 Å². The van der Waals surface area contributed by atoms with Gasteiger partial charge in [-0.05, 0) is 12.3 Å². The van der Waals surface area contributed by atoms with Crippen molar-refractivity contribution in [1.29, 1.82) is 0 Å². The quantitative estimate of drug-likeness (QED) is 0.697. The minimum atomic E-state index is -1.02. The summed E-state index contributed by atoms with van der Waals surface area (Å²) in [4.78, 5) is 35.4. The molecule has 19 heavy (non-hydrogen) atoms. The van der Waals surface area contributed by atoms with Gasteiger partial charge in [-0.2, -0.15) is 0 Å². The zero-order chi connectivity index (χ0) is 14.6. The van der Waals surface area contributed by atoms with Crippen LogP contribution in [0, 0.1) is 11.8 Å². The molecular weight excluding hydrogens is 264 g/mol. The lowest BCUT2D eigenvalue weighted by Crippen LogP contribution is -2.39. The summed E-state index contributed by atoms with van der Waals surface area (Å²) in [6, 6.07) is 0. The molecule has 0 saturated heterocycles. The Labute approximate surface area is 116 Å². The van der Waals surface area contributed by atoms with Crippen LogP contribution in [-0.4, -0.2) is 32.6 Å². The van der Waals surface area contributed by atoms with Crippen molar-refractivity contribution in [3.8, 4) is 0 Å². The van der Waals surface area contributed by atoms with Gasteiger partial charge in [-0.1, -0.05) is 20.8 Å². The summed E-state index contributed by atoms with van der Waals surface area (Å²) in [5, 5.41) is -0.00553. The molecule has 0 aromatic heterocycles. The fourth-order valence-electron chi connectivity index (χ4n) is 2.65. The molecule has 5 heteroatoms. The van der Waals surface area contributed by atoms with Gasteiger partial charge in [-0.15, -0.1) is 0 Å². The van der Waals surface area contributed by atoms with Crippen molar-refractivity contribution >= 4 is 28.1 Å². The third-order valence-electron chi connectivity index (χ3n) is 3.69. The lowest BCUT2D eigenvalue weighted by atomic mass is 9.76. The first-order chi connectivity index (χ1) is 8.90. The molecule has 0 heterocycles. The number of rotatable bonds is 6. The summed E-state index contributed by atoms with van der Waals surface area (Å²) in [6.45, 7) is 5.42. The molecule has 4 nitrogen and oxygen atoms in total. The highest BCUT2D eigenvalue weighted by molar-refractivity contribution is 7.85. The Morgan fingerprint density at radius 2 is 1.79 bits per heavy atom. The first-order valence-electron chi connectivity index (χ1n) is 6.85. The van der Waals surface area contributed by atoms with Crippen molar-refractivity contribution in [2.45, 2.75) is 51.7 Å². The van der Waals surface area contributed by atoms with Crippen LogP contribution >= 0.6 is 0 Å². The standard InChI is InChI=1S/C14H22O4S/c1-4-11(15)14-12(16)7-10(8-13(14)17)6-9(3)19(18)5-2/h9-10,14H,4-8H2,1-3H3. The molecule has 1 fully saturated rings. The van der Waals surface area contributed by atoms with E-state index in [1.165, 1.54) is 0 Å². The Hall–Kier alpha value is -0.840. The number of ketones is 3. The second-order valence-corrected chi connectivity index (χ2v) is 7.32. The Morgan fingerprint density at radius 3 is 2.21 bits per heavy atom. The predicted molar refractivity (Wildman–Crippen MR) is 74.3 cm³/mol. The fourth-order valence-corrected chi connectivity index (χ4v) is 3.70. The average molecular weight is 286 g/mol. The second-order valence-electron chi connectivity index (χ2n) is 5.18. The van der Waals surface area contributed by atoms with Gasteiger partial charge in [0.1, 0.15) is 5.92 Å². The van der Waals surface area contributed by atoms with E-state index in [1.54, 1.807) is 6.92 Å². The molecule has 0 aliphatic heterocycles. The summed E-state index contributed by atoms with van der Waals surface area (Å²) in [5.41, 5.74) is 0. The average Bonchev–Trinajstić information content (AvgIpc) is 2.36. The van der Waals surface area contributed by atoms with Gasteiger partial charge in [-0.25, -0.2) is 0 Å². The van der Waals surface area contributed by atoms with Crippen molar-refractivity contribution in [3.05, 3.63) is 0 Å². The normalized spacial score (nSPS) is 27.1. The Bertz CT molecular complexity index is 384. The predicted octanol–water partition coefficient (Wildman–Crippen LogP) is 1.68. The van der Waals surface area contributed by atoms with E-state index in [-0.39, 0.29) is 47.8 Å². The van der Waals surface area contributed by atoms with Crippen LogP contribution in [0.3, 0.4) is 0 Å². The highest BCUT2D eigenvalue weighted by atomic mass is 32.2. The number of carbonyl (C=O) groups is 3. The lowest BCUT2D eigenvalue weighted by Gasteiger charge is -2.27. The van der Waals surface area contributed by atoms with Gasteiger partial charge in [0.05, 0.1) is 0 Å². The summed E-state index contributed by atoms with van der Waals surface area (Å²) in [6.07, 6.45) is 1.38. The Balaban J connectivity index is 2.65. The van der Waals surface area contributed by atoms with Crippen LogP contribution in [-0.2, 0) is 25.2 Å². The monoisotopic (exact) mass is 286 g/mol. The zero-order valence-electron chi connectivity index (χ0n) is 11.8. The van der Waals surface area contributed by atoms with Crippen molar-refractivity contribution in [3.63, 3.8) is 0 Å². The topological polar surface area (TPSA) is 68.3 Å². The third kappa shape index (κ3) is 4.06. The van der Waals surface area contributed by atoms with Crippen molar-refractivity contribution in [1.82, 2.24) is 0 Å². The van der Waals surface area contributed by atoms with Crippen LogP contribution in [0.15, 0.2) is 0 Å². The van der Waals surface area contributed by atoms with E-state index < -0.39 is 16.7 Å². The van der Waals surface area contributed by atoms with Gasteiger partial charge in [-0.3, -0.25) is 18.6 Å². The van der Waals surface area contributed by atoms with E-state index in [4.69, 9.17) is 0 Å². The molecule has 0 bridgehead atoms. The van der Waals surface area contributed by atoms with E-state index in [1.807, 2.05) is 13.8 Å². The van der Waals surface area contributed by atoms with Crippen LogP contribution < -0.4 is 0 Å². The highest BCUT2D eigenvalue weighted by Crippen LogP contribution is 2.29. The summed E-state index contributed by atoms with van der Waals surface area (Å²) in [5.74, 6) is -1.24. The van der Waals surface area contributed by atoms with Gasteiger partial charge < -0.3 is 0 Å². The molecule has 108 valence electrons. The summed E-state index contributed by atoms with van der Waals surface area (Å²) in [7, 11) is -0.905. The molecule has 0 radical (unpaired) electrons. The Kier molecular flexibility index (Phi) is 6.04. The van der Waals surface area contributed by atoms with Crippen LogP contribution in [0.2, 0.25) is 0 Å². The zero-order valence-corrected chi connectivity index (χ0v) is 12.6. The molecule has 2 unspecified atom stereocenters. The van der Waals surface area contributed by atoms with Gasteiger partial charge in [0.2, 0.25) is 0 Å². The van der Waals surface area contributed by atoms with Gasteiger partial charge >= 0.3 is 0 Å². The maximum Gasteiger partial charge on any atom is 0.151 e. The lowest BCUT2D eigenvalue weighted by molar-refractivity contribution is -0.143. The van der Waals surface area contributed by atoms with E-state index in [0.717, 1.165) is 0 Å². The summed E-state index contributed by atoms with van der Waals surface area (Å²) >= 11 is 0. The smallest absolute Gasteiger partial charge is 0.151 e. The van der Waals surface area contributed by atoms with Crippen LogP contribution in [0.5, 0.6) is 0 Å². The Morgan fingerprint density at radius 1 is 1.26 bits per heavy atom. The highest BCUT2D eigenvalue weighted by Gasteiger charge is 2.39. The van der Waals surface area contributed by atoms with Crippen LogP contribution in [0.4, 0.5) is 0 Å². The molecule has 0 aromatic rings. The van der Waals surface area contributed by atoms with E-state index in [2.05, 4.69) is 0 Å². The van der Waals surface area contributed by atoms with Crippen molar-refractivity contribution in [2.75, 3.05) is 5.75 Å². The molecule has 0 aromatic carbocycles. The number of carbonyl (C=O) groups excluding carboxylic acids is 3. The molecular formula is C14H22O4S. The molecule has 2 atom stereocenters. The first kappa shape index (κ1) is 16.2. The molecule has 1 aliphatic rings. The number of hydrogen-bond acceptors (Lipinski definition) is 4. The second kappa shape index (κ2) is 7.08. The number of hydrogen-bond donors (Lipinski definition) is 0. The number of Topliss-reactive ketones (excluding diaryl/α,β-unsaturated/α-hetero) is 3. The molecule has 0 spiro atoms. The molecule has 0 amide bonds. The third-order valence-corrected chi connectivity index (χ3v) is 5.35. The molecule has 1 saturated carbocycles. The fraction of sp³-hybridized carbons (Fsp3) is 0.786. The van der Waals surface area contributed by atoms with Crippen molar-refractivity contribution < 1.29 is 18.6 Å². The van der Waals surface area contributed by atoms with Gasteiger partial charge in [0.25, 0.3) is 0 Å². The maximum absolute atomic E-state index is 11.9. The largest absolute Gasteiger partial charge is 0.298 e. The van der Waals surface area contributed by atoms with E-state index in [9.17, 15) is 18.6 Å². The minimum Gasteiger partial charge on any atom is -0.298 e. The minimum absolute atomic E-state index is 0.00553. The van der Waals surface area contributed by atoms with Crippen molar-refractivity contribution in [2.24, 2.45) is 11.8 Å². The van der Waals surface area contributed by atoms with Crippen LogP contribution in [0.1, 0.15) is 46.5 Å². The van der Waals surface area contributed by atoms with Gasteiger partial charge in [0.15, 0.2) is 17.3 Å². The molecule has 1 rings (SSSR count). The van der Waals surface area contributed by atoms with E-state index >= 15 is 0 Å². The maximum atomic E-state index is 11.9. The first-order valence-corrected chi connectivity index (χ1v) is 8.24.